The quantitative estimate of drug-likeness (QED) is 0.178. The largest absolute Gasteiger partial charge is 0.504 e. The molecule has 2 aromatic heterocycles. The molecule has 1 saturated heterocycles. The number of anilines is 2. The standard InChI is InChI=1S/C31H27Cl3F2N6O3/c1-5-19(43)40-8-10-41(11-9-40)28-16-12-18(32)26(20-23(35)21(33)22(34)29(44)24(20)36)39-30(16)42(31(45)17(28)13-37)27-15(4)6-7-38-25(27)14(2)3/h5-7,12,14,31,44-45H,1,8-11H2,2-4H3. The van der Waals surface area contributed by atoms with Gasteiger partial charge >= 0.3 is 0 Å². The Morgan fingerprint density at radius 2 is 1.84 bits per heavy atom. The van der Waals surface area contributed by atoms with Crippen molar-refractivity contribution in [3.05, 3.63) is 80.1 Å². The number of phenolic OH excluding ortho intramolecular Hbond substituents is 1. The Morgan fingerprint density at radius 3 is 2.44 bits per heavy atom. The number of pyridine rings is 2. The number of aromatic hydroxyl groups is 1. The van der Waals surface area contributed by atoms with Gasteiger partial charge in [0.15, 0.2) is 23.6 Å². The van der Waals surface area contributed by atoms with Crippen LogP contribution in [0.1, 0.15) is 36.6 Å². The zero-order valence-corrected chi connectivity index (χ0v) is 26.6. The van der Waals surface area contributed by atoms with Gasteiger partial charge in [-0.05, 0) is 36.6 Å². The van der Waals surface area contributed by atoms with Crippen LogP contribution in [0.5, 0.6) is 5.75 Å². The Bertz CT molecular complexity index is 1790. The summed E-state index contributed by atoms with van der Waals surface area (Å²) in [5.41, 5.74) is 0.992. The van der Waals surface area contributed by atoms with E-state index in [0.29, 0.717) is 48.8 Å². The van der Waals surface area contributed by atoms with Gasteiger partial charge in [-0.2, -0.15) is 5.26 Å². The van der Waals surface area contributed by atoms with Crippen molar-refractivity contribution in [2.75, 3.05) is 31.1 Å². The number of amides is 1. The molecule has 2 aliphatic heterocycles. The Kier molecular flexibility index (Phi) is 8.97. The highest BCUT2D eigenvalue weighted by Crippen LogP contribution is 2.49. The molecule has 1 unspecified atom stereocenters. The molecule has 5 rings (SSSR count). The van der Waals surface area contributed by atoms with E-state index in [4.69, 9.17) is 34.8 Å². The van der Waals surface area contributed by atoms with Crippen molar-refractivity contribution in [2.45, 2.75) is 32.9 Å². The van der Waals surface area contributed by atoms with Crippen LogP contribution in [0, 0.1) is 29.9 Å². The highest BCUT2D eigenvalue weighted by molar-refractivity contribution is 6.43. The summed E-state index contributed by atoms with van der Waals surface area (Å²) >= 11 is 18.5. The molecule has 0 spiro atoms. The number of rotatable bonds is 5. The Morgan fingerprint density at radius 1 is 1.18 bits per heavy atom. The summed E-state index contributed by atoms with van der Waals surface area (Å²) < 4.78 is 31.0. The summed E-state index contributed by atoms with van der Waals surface area (Å²) in [4.78, 5) is 26.2. The number of fused-ring (bicyclic) bond motifs is 1. The summed E-state index contributed by atoms with van der Waals surface area (Å²) in [5, 5.41) is 30.9. The summed E-state index contributed by atoms with van der Waals surface area (Å²) in [7, 11) is 0. The summed E-state index contributed by atoms with van der Waals surface area (Å²) in [6, 6.07) is 5.25. The molecule has 2 aliphatic rings. The molecule has 9 nitrogen and oxygen atoms in total. The van der Waals surface area contributed by atoms with Crippen molar-refractivity contribution in [1.82, 2.24) is 19.8 Å². The van der Waals surface area contributed by atoms with Crippen LogP contribution in [0.4, 0.5) is 20.3 Å². The molecule has 0 radical (unpaired) electrons. The third-order valence-electron chi connectivity index (χ3n) is 7.82. The van der Waals surface area contributed by atoms with Crippen LogP contribution in [-0.2, 0) is 4.79 Å². The van der Waals surface area contributed by atoms with Gasteiger partial charge in [0.25, 0.3) is 0 Å². The molecule has 1 aromatic carbocycles. The smallest absolute Gasteiger partial charge is 0.246 e. The van der Waals surface area contributed by atoms with Gasteiger partial charge in [0, 0.05) is 37.9 Å². The van der Waals surface area contributed by atoms with Gasteiger partial charge < -0.3 is 20.0 Å². The normalized spacial score (nSPS) is 16.6. The molecule has 1 fully saturated rings. The van der Waals surface area contributed by atoms with Gasteiger partial charge in [0.1, 0.15) is 22.5 Å². The second-order valence-electron chi connectivity index (χ2n) is 10.8. The van der Waals surface area contributed by atoms with Crippen molar-refractivity contribution in [2.24, 2.45) is 0 Å². The minimum atomic E-state index is -1.61. The van der Waals surface area contributed by atoms with E-state index < -0.39 is 44.9 Å². The van der Waals surface area contributed by atoms with Gasteiger partial charge in [-0.15, -0.1) is 0 Å². The van der Waals surface area contributed by atoms with E-state index in [0.717, 1.165) is 0 Å². The Hall–Kier alpha value is -3.95. The van der Waals surface area contributed by atoms with Gasteiger partial charge in [-0.3, -0.25) is 14.7 Å². The van der Waals surface area contributed by atoms with Crippen molar-refractivity contribution in [1.29, 1.82) is 5.26 Å². The maximum atomic E-state index is 15.5. The molecule has 0 bridgehead atoms. The average Bonchev–Trinajstić information content (AvgIpc) is 3.02. The van der Waals surface area contributed by atoms with Gasteiger partial charge in [-0.25, -0.2) is 13.8 Å². The van der Waals surface area contributed by atoms with E-state index in [1.165, 1.54) is 17.0 Å². The van der Waals surface area contributed by atoms with E-state index in [9.17, 15) is 20.3 Å². The first-order valence-electron chi connectivity index (χ1n) is 13.8. The number of aryl methyl sites for hydroxylation is 1. The number of phenols is 1. The van der Waals surface area contributed by atoms with Crippen LogP contribution in [0.15, 0.2) is 36.6 Å². The molecule has 0 aliphatic carbocycles. The van der Waals surface area contributed by atoms with E-state index in [1.54, 1.807) is 24.1 Å². The number of aliphatic hydroxyl groups is 1. The Labute approximate surface area is 273 Å². The predicted molar refractivity (Wildman–Crippen MR) is 168 cm³/mol. The fourth-order valence-electron chi connectivity index (χ4n) is 5.62. The fourth-order valence-corrected chi connectivity index (χ4v) is 6.22. The third kappa shape index (κ3) is 5.36. The van der Waals surface area contributed by atoms with E-state index in [1.807, 2.05) is 18.7 Å². The topological polar surface area (TPSA) is 117 Å². The van der Waals surface area contributed by atoms with Crippen LogP contribution in [0.2, 0.25) is 15.1 Å². The molecule has 2 N–H and O–H groups in total. The molecule has 4 heterocycles. The molecular weight excluding hydrogens is 649 g/mol. The maximum Gasteiger partial charge on any atom is 0.246 e. The van der Waals surface area contributed by atoms with Crippen molar-refractivity contribution < 1.29 is 23.8 Å². The Balaban J connectivity index is 1.82. The maximum absolute atomic E-state index is 15.5. The van der Waals surface area contributed by atoms with E-state index in [2.05, 4.69) is 22.6 Å². The first-order valence-corrected chi connectivity index (χ1v) is 15.0. The van der Waals surface area contributed by atoms with Crippen molar-refractivity contribution >= 4 is 57.9 Å². The highest BCUT2D eigenvalue weighted by Gasteiger charge is 2.41. The number of carbonyl (C=O) groups is 1. The SMILES string of the molecule is C=CC(=O)N1CCN(C2=C(C#N)C(O)N(c3c(C)ccnc3C(C)C)c3nc(-c4c(F)c(O)c(Cl)c(Cl)c4F)c(Cl)cc32)CC1. The second kappa shape index (κ2) is 12.4. The zero-order chi connectivity index (χ0) is 32.9. The lowest BCUT2D eigenvalue weighted by Gasteiger charge is -2.43. The number of benzene rings is 1. The van der Waals surface area contributed by atoms with Crippen LogP contribution in [0.3, 0.4) is 0 Å². The van der Waals surface area contributed by atoms with E-state index in [-0.39, 0.29) is 33.8 Å². The van der Waals surface area contributed by atoms with E-state index >= 15 is 8.78 Å². The number of carbonyl (C=O) groups excluding carboxylic acids is 1. The number of aromatic nitrogens is 2. The summed E-state index contributed by atoms with van der Waals surface area (Å²) in [6.45, 7) is 10.3. The van der Waals surface area contributed by atoms with Crippen LogP contribution < -0.4 is 4.90 Å². The molecular formula is C31H27Cl3F2N6O3. The number of nitriles is 1. The molecule has 234 valence electrons. The lowest BCUT2D eigenvalue weighted by Crippen LogP contribution is -2.49. The first-order chi connectivity index (χ1) is 21.3. The molecule has 14 heteroatoms. The number of aliphatic hydroxyl groups excluding tert-OH is 1. The lowest BCUT2D eigenvalue weighted by atomic mass is 9.95. The van der Waals surface area contributed by atoms with Gasteiger partial charge in [0.2, 0.25) is 5.91 Å². The summed E-state index contributed by atoms with van der Waals surface area (Å²) in [5.74, 6) is -4.19. The third-order valence-corrected chi connectivity index (χ3v) is 8.93. The molecule has 1 atom stereocenters. The van der Waals surface area contributed by atoms with Crippen molar-refractivity contribution in [3.63, 3.8) is 0 Å². The number of halogens is 5. The predicted octanol–water partition coefficient (Wildman–Crippen LogP) is 6.55. The zero-order valence-electron chi connectivity index (χ0n) is 24.4. The minimum absolute atomic E-state index is 0.0165. The highest BCUT2D eigenvalue weighted by atomic mass is 35.5. The van der Waals surface area contributed by atoms with Gasteiger partial charge in [-0.1, -0.05) is 55.2 Å². The lowest BCUT2D eigenvalue weighted by molar-refractivity contribution is -0.127. The minimum Gasteiger partial charge on any atom is -0.504 e. The number of hydrogen-bond donors (Lipinski definition) is 2. The van der Waals surface area contributed by atoms with Gasteiger partial charge in [0.05, 0.1) is 38.4 Å². The first kappa shape index (κ1) is 32.4. The summed E-state index contributed by atoms with van der Waals surface area (Å²) in [6.07, 6.45) is 1.23. The number of piperazine rings is 1. The van der Waals surface area contributed by atoms with Crippen molar-refractivity contribution in [3.8, 4) is 23.1 Å². The molecule has 1 amide bonds. The van der Waals surface area contributed by atoms with Crippen LogP contribution in [-0.4, -0.2) is 68.3 Å². The number of hydrogen-bond acceptors (Lipinski definition) is 8. The number of nitrogens with zero attached hydrogens (tertiary/aromatic N) is 6. The van der Waals surface area contributed by atoms with Crippen LogP contribution >= 0.6 is 34.8 Å². The second-order valence-corrected chi connectivity index (χ2v) is 12.0. The monoisotopic (exact) mass is 674 g/mol. The fraction of sp³-hybridized carbons (Fsp3) is 0.290. The average molecular weight is 676 g/mol. The molecule has 3 aromatic rings. The molecule has 45 heavy (non-hydrogen) atoms. The molecule has 0 saturated carbocycles. The van der Waals surface area contributed by atoms with Crippen LogP contribution in [0.25, 0.3) is 17.0 Å².